The molecule has 0 saturated heterocycles. The lowest BCUT2D eigenvalue weighted by molar-refractivity contribution is 0.550. The summed E-state index contributed by atoms with van der Waals surface area (Å²) in [5.74, 6) is -1.04. The molecule has 0 aliphatic rings. The Labute approximate surface area is 134 Å². The highest BCUT2D eigenvalue weighted by Gasteiger charge is 2.11. The second kappa shape index (κ2) is 7.36. The zero-order valence-electron chi connectivity index (χ0n) is 12.5. The van der Waals surface area contributed by atoms with Crippen LogP contribution >= 0.6 is 11.6 Å². The van der Waals surface area contributed by atoms with Crippen LogP contribution in [0.5, 0.6) is 0 Å². The van der Waals surface area contributed by atoms with Gasteiger partial charge in [0.1, 0.15) is 17.3 Å². The molecule has 2 nitrogen and oxygen atoms in total. The summed E-state index contributed by atoms with van der Waals surface area (Å²) in [6.07, 6.45) is 1.72. The monoisotopic (exact) mass is 322 g/mol. The number of nitrogens with zero attached hydrogens (tertiary/aromatic N) is 2. The molecule has 0 unspecified atom stereocenters. The number of hydrogen-bond donors (Lipinski definition) is 0. The number of hydrogen-bond acceptors (Lipinski definition) is 1. The average Bonchev–Trinajstić information content (AvgIpc) is 2.51. The average molecular weight is 323 g/mol. The summed E-state index contributed by atoms with van der Waals surface area (Å²) in [5.41, 5.74) is 0.999. The molecule has 0 aromatic heterocycles. The topological polar surface area (TPSA) is 15.6 Å². The van der Waals surface area contributed by atoms with Crippen molar-refractivity contribution in [3.63, 3.8) is 0 Å². The second-order valence-corrected chi connectivity index (χ2v) is 5.39. The highest BCUT2D eigenvalue weighted by Crippen LogP contribution is 2.25. The molecule has 2 rings (SSSR count). The lowest BCUT2D eigenvalue weighted by Gasteiger charge is -2.10. The maximum Gasteiger partial charge on any atom is 0.149 e. The van der Waals surface area contributed by atoms with Crippen molar-refractivity contribution in [3.05, 3.63) is 64.2 Å². The lowest BCUT2D eigenvalue weighted by Crippen LogP contribution is -2.14. The smallest absolute Gasteiger partial charge is 0.149 e. The third kappa shape index (κ3) is 4.04. The van der Waals surface area contributed by atoms with E-state index in [9.17, 15) is 8.78 Å². The minimum atomic E-state index is -0.552. The number of halogens is 3. The molecule has 0 saturated carbocycles. The van der Waals surface area contributed by atoms with Crippen molar-refractivity contribution in [2.75, 3.05) is 13.6 Å². The van der Waals surface area contributed by atoms with Crippen molar-refractivity contribution in [2.45, 2.75) is 13.3 Å². The third-order valence-corrected chi connectivity index (χ3v) is 3.72. The minimum absolute atomic E-state index is 0.0132. The van der Waals surface area contributed by atoms with Crippen molar-refractivity contribution >= 4 is 23.6 Å². The van der Waals surface area contributed by atoms with Crippen LogP contribution in [0, 0.1) is 11.6 Å². The summed E-state index contributed by atoms with van der Waals surface area (Å²) in [4.78, 5) is 5.74. The van der Waals surface area contributed by atoms with E-state index in [1.807, 2.05) is 20.0 Å². The Balaban J connectivity index is 2.27. The molecule has 0 heterocycles. The predicted octanol–water partition coefficient (Wildman–Crippen LogP) is 4.82. The van der Waals surface area contributed by atoms with Gasteiger partial charge in [-0.25, -0.2) is 13.8 Å². The Bertz CT molecular complexity index is 686. The van der Waals surface area contributed by atoms with E-state index in [0.29, 0.717) is 5.02 Å². The van der Waals surface area contributed by atoms with Gasteiger partial charge in [0, 0.05) is 31.1 Å². The van der Waals surface area contributed by atoms with Crippen LogP contribution in [0.25, 0.3) is 0 Å². The van der Waals surface area contributed by atoms with Crippen molar-refractivity contribution in [1.82, 2.24) is 4.90 Å². The molecule has 0 spiro atoms. The molecule has 0 amide bonds. The molecule has 0 radical (unpaired) electrons. The van der Waals surface area contributed by atoms with Gasteiger partial charge in [-0.1, -0.05) is 29.8 Å². The normalized spacial score (nSPS) is 11.1. The molecule has 22 heavy (non-hydrogen) atoms. The molecule has 5 heteroatoms. The Morgan fingerprint density at radius 3 is 2.55 bits per heavy atom. The van der Waals surface area contributed by atoms with Gasteiger partial charge >= 0.3 is 0 Å². The van der Waals surface area contributed by atoms with Crippen LogP contribution < -0.4 is 0 Å². The SMILES string of the molecule is CCN(C)C=Nc1cc(F)c(Cc2ccccc2Cl)cc1F. The maximum absolute atomic E-state index is 14.2. The van der Waals surface area contributed by atoms with Gasteiger partial charge in [0.25, 0.3) is 0 Å². The van der Waals surface area contributed by atoms with Gasteiger partial charge in [0.05, 0.1) is 6.34 Å². The number of rotatable bonds is 5. The predicted molar refractivity (Wildman–Crippen MR) is 87.1 cm³/mol. The molecule has 0 aliphatic carbocycles. The van der Waals surface area contributed by atoms with Gasteiger partial charge in [-0.2, -0.15) is 0 Å². The van der Waals surface area contributed by atoms with E-state index < -0.39 is 11.6 Å². The Morgan fingerprint density at radius 2 is 1.86 bits per heavy atom. The summed E-state index contributed by atoms with van der Waals surface area (Å²) in [6, 6.07) is 9.42. The first kappa shape index (κ1) is 16.4. The molecular formula is C17H17ClF2N2. The van der Waals surface area contributed by atoms with Crippen LogP contribution in [0.2, 0.25) is 5.02 Å². The van der Waals surface area contributed by atoms with Crippen LogP contribution in [-0.4, -0.2) is 24.8 Å². The van der Waals surface area contributed by atoms with Gasteiger partial charge in [0.2, 0.25) is 0 Å². The highest BCUT2D eigenvalue weighted by atomic mass is 35.5. The maximum atomic E-state index is 14.2. The summed E-state index contributed by atoms with van der Waals surface area (Å²) in [7, 11) is 1.81. The summed E-state index contributed by atoms with van der Waals surface area (Å²) in [6.45, 7) is 2.67. The molecule has 116 valence electrons. The zero-order valence-corrected chi connectivity index (χ0v) is 13.2. The van der Waals surface area contributed by atoms with Gasteiger partial charge < -0.3 is 4.90 Å². The fourth-order valence-corrected chi connectivity index (χ4v) is 2.10. The van der Waals surface area contributed by atoms with E-state index >= 15 is 0 Å². The third-order valence-electron chi connectivity index (χ3n) is 3.35. The van der Waals surface area contributed by atoms with Crippen LogP contribution in [0.1, 0.15) is 18.1 Å². The van der Waals surface area contributed by atoms with Crippen molar-refractivity contribution in [1.29, 1.82) is 0 Å². The molecule has 0 aliphatic heterocycles. The second-order valence-electron chi connectivity index (χ2n) is 4.98. The van der Waals surface area contributed by atoms with E-state index in [1.165, 1.54) is 12.4 Å². The van der Waals surface area contributed by atoms with E-state index in [2.05, 4.69) is 4.99 Å². The lowest BCUT2D eigenvalue weighted by atomic mass is 10.0. The first-order valence-electron chi connectivity index (χ1n) is 6.97. The fraction of sp³-hybridized carbons (Fsp3) is 0.235. The quantitative estimate of drug-likeness (QED) is 0.569. The van der Waals surface area contributed by atoms with E-state index in [4.69, 9.17) is 11.6 Å². The van der Waals surface area contributed by atoms with E-state index in [1.54, 1.807) is 23.1 Å². The Morgan fingerprint density at radius 1 is 1.14 bits per heavy atom. The largest absolute Gasteiger partial charge is 0.366 e. The van der Waals surface area contributed by atoms with Gasteiger partial charge in [-0.3, -0.25) is 0 Å². The Kier molecular flexibility index (Phi) is 5.50. The van der Waals surface area contributed by atoms with Crippen LogP contribution in [0.4, 0.5) is 14.5 Å². The molecule has 0 bridgehead atoms. The summed E-state index contributed by atoms with van der Waals surface area (Å²) < 4.78 is 28.2. The Hall–Kier alpha value is -1.94. The molecule has 2 aromatic carbocycles. The molecule has 0 atom stereocenters. The highest BCUT2D eigenvalue weighted by molar-refractivity contribution is 6.31. The summed E-state index contributed by atoms with van der Waals surface area (Å²) in [5, 5.41) is 0.536. The van der Waals surface area contributed by atoms with Crippen LogP contribution in [-0.2, 0) is 6.42 Å². The van der Waals surface area contributed by atoms with Crippen LogP contribution in [0.3, 0.4) is 0 Å². The molecule has 0 N–H and O–H groups in total. The number of benzene rings is 2. The summed E-state index contributed by atoms with van der Waals surface area (Å²) >= 11 is 6.05. The van der Waals surface area contributed by atoms with Gasteiger partial charge in [-0.05, 0) is 30.2 Å². The first-order valence-corrected chi connectivity index (χ1v) is 7.34. The molecular weight excluding hydrogens is 306 g/mol. The van der Waals surface area contributed by atoms with Crippen molar-refractivity contribution < 1.29 is 8.78 Å². The fourth-order valence-electron chi connectivity index (χ4n) is 1.90. The van der Waals surface area contributed by atoms with Gasteiger partial charge in [-0.15, -0.1) is 0 Å². The van der Waals surface area contributed by atoms with Gasteiger partial charge in [0.15, 0.2) is 0 Å². The van der Waals surface area contributed by atoms with Crippen molar-refractivity contribution in [3.8, 4) is 0 Å². The minimum Gasteiger partial charge on any atom is -0.366 e. The molecule has 2 aromatic rings. The standard InChI is InChI=1S/C17H17ClF2N2/c1-3-22(2)11-21-17-10-15(19)13(9-16(17)20)8-12-6-4-5-7-14(12)18/h4-7,9-11H,3,8H2,1-2H3. The van der Waals surface area contributed by atoms with Crippen molar-refractivity contribution in [2.24, 2.45) is 4.99 Å². The van der Waals surface area contributed by atoms with E-state index in [-0.39, 0.29) is 17.7 Å². The van der Waals surface area contributed by atoms with Crippen LogP contribution in [0.15, 0.2) is 41.4 Å². The number of aliphatic imine (C=N–C) groups is 1. The zero-order chi connectivity index (χ0) is 16.1. The van der Waals surface area contributed by atoms with E-state index in [0.717, 1.165) is 18.2 Å². The molecule has 0 fully saturated rings. The first-order chi connectivity index (χ1) is 10.5.